The van der Waals surface area contributed by atoms with Crippen molar-refractivity contribution in [2.24, 2.45) is 11.3 Å². The van der Waals surface area contributed by atoms with E-state index in [1.807, 2.05) is 46.2 Å². The van der Waals surface area contributed by atoms with Gasteiger partial charge in [-0.15, -0.1) is 6.58 Å². The smallest absolute Gasteiger partial charge is 0.246 e. The standard InChI is InChI=1S/C26H24N2O2/c1-2-25-13-12-22(29)27-15-14-26(24(25)27)19-10-6-7-11-21(19)28(23(30)20(26)16-25)17-18-8-4-3-5-9-18/h2-13,20,24H,1,14-17H2/t20-,24-,25-,26-/m0/s1. The Balaban J connectivity index is 1.55. The number of carbonyl (C=O) groups excluding carboxylic acids is 2. The van der Waals surface area contributed by atoms with E-state index < -0.39 is 0 Å². The minimum absolute atomic E-state index is 0.0334. The van der Waals surface area contributed by atoms with Gasteiger partial charge in [0.15, 0.2) is 0 Å². The molecular formula is C26H24N2O2. The van der Waals surface area contributed by atoms with E-state index >= 15 is 0 Å². The van der Waals surface area contributed by atoms with E-state index in [1.54, 1.807) is 6.08 Å². The molecule has 2 aromatic carbocycles. The SMILES string of the molecule is C=C[C@]12C=CC(=O)N3CC[C@@]4(c5ccccc5N(Cc5ccccc5)C(=O)[C@@H]4C1)[C@@H]32. The maximum atomic E-state index is 14.0. The Morgan fingerprint density at radius 1 is 1.07 bits per heavy atom. The molecule has 1 saturated heterocycles. The molecule has 4 atom stereocenters. The summed E-state index contributed by atoms with van der Waals surface area (Å²) < 4.78 is 0. The predicted molar refractivity (Wildman–Crippen MR) is 116 cm³/mol. The summed E-state index contributed by atoms with van der Waals surface area (Å²) in [4.78, 5) is 30.7. The van der Waals surface area contributed by atoms with Crippen molar-refractivity contribution in [3.05, 3.63) is 90.5 Å². The van der Waals surface area contributed by atoms with Crippen LogP contribution in [0, 0.1) is 11.3 Å². The molecule has 4 aliphatic rings. The number of benzene rings is 2. The molecule has 150 valence electrons. The summed E-state index contributed by atoms with van der Waals surface area (Å²) in [7, 11) is 0. The van der Waals surface area contributed by atoms with Crippen molar-refractivity contribution in [2.75, 3.05) is 11.4 Å². The van der Waals surface area contributed by atoms with Gasteiger partial charge in [-0.25, -0.2) is 0 Å². The van der Waals surface area contributed by atoms with E-state index in [0.29, 0.717) is 19.5 Å². The molecule has 2 aromatic rings. The summed E-state index contributed by atoms with van der Waals surface area (Å²) in [6.07, 6.45) is 7.22. The molecule has 2 amide bonds. The number of nitrogens with zero attached hydrogens (tertiary/aromatic N) is 2. The lowest BCUT2D eigenvalue weighted by Gasteiger charge is -2.47. The Kier molecular flexibility index (Phi) is 3.51. The molecule has 3 aliphatic heterocycles. The number of carbonyl (C=O) groups is 2. The number of amides is 2. The average Bonchev–Trinajstić information content (AvgIpc) is 3.33. The average molecular weight is 396 g/mol. The van der Waals surface area contributed by atoms with Crippen LogP contribution < -0.4 is 4.90 Å². The van der Waals surface area contributed by atoms with E-state index in [1.165, 1.54) is 5.56 Å². The van der Waals surface area contributed by atoms with Crippen LogP contribution in [0.15, 0.2) is 79.4 Å². The van der Waals surface area contributed by atoms with Crippen molar-refractivity contribution < 1.29 is 9.59 Å². The number of anilines is 1. The number of hydrogen-bond donors (Lipinski definition) is 0. The van der Waals surface area contributed by atoms with Gasteiger partial charge in [0.2, 0.25) is 11.8 Å². The minimum atomic E-state index is -0.347. The van der Waals surface area contributed by atoms with E-state index in [9.17, 15) is 9.59 Å². The number of hydrogen-bond acceptors (Lipinski definition) is 2. The zero-order chi connectivity index (χ0) is 20.5. The van der Waals surface area contributed by atoms with Gasteiger partial charge in [0, 0.05) is 29.1 Å². The molecule has 0 unspecified atom stereocenters. The molecule has 6 rings (SSSR count). The maximum Gasteiger partial charge on any atom is 0.246 e. The second-order valence-electron chi connectivity index (χ2n) is 9.06. The number of rotatable bonds is 3. The normalized spacial score (nSPS) is 33.3. The van der Waals surface area contributed by atoms with Crippen LogP contribution in [0.2, 0.25) is 0 Å². The highest BCUT2D eigenvalue weighted by Crippen LogP contribution is 2.66. The highest BCUT2D eigenvalue weighted by atomic mass is 16.2. The maximum absolute atomic E-state index is 14.0. The second kappa shape index (κ2) is 5.94. The van der Waals surface area contributed by atoms with Crippen molar-refractivity contribution in [1.82, 2.24) is 4.90 Å². The van der Waals surface area contributed by atoms with Crippen molar-refractivity contribution in [3.63, 3.8) is 0 Å². The molecule has 0 N–H and O–H groups in total. The lowest BCUT2D eigenvalue weighted by atomic mass is 9.64. The number of para-hydroxylation sites is 1. The van der Waals surface area contributed by atoms with Crippen molar-refractivity contribution in [1.29, 1.82) is 0 Å². The van der Waals surface area contributed by atoms with Crippen molar-refractivity contribution >= 4 is 17.5 Å². The van der Waals surface area contributed by atoms with Gasteiger partial charge in [-0.3, -0.25) is 9.59 Å². The fourth-order valence-corrected chi connectivity index (χ4v) is 6.73. The highest BCUT2D eigenvalue weighted by Gasteiger charge is 2.71. The van der Waals surface area contributed by atoms with Crippen molar-refractivity contribution in [2.45, 2.75) is 30.8 Å². The Morgan fingerprint density at radius 2 is 1.83 bits per heavy atom. The van der Waals surface area contributed by atoms with Gasteiger partial charge in [0.1, 0.15) is 0 Å². The van der Waals surface area contributed by atoms with E-state index in [-0.39, 0.29) is 34.6 Å². The summed E-state index contributed by atoms with van der Waals surface area (Å²) >= 11 is 0. The van der Waals surface area contributed by atoms with Gasteiger partial charge in [0.05, 0.1) is 18.5 Å². The largest absolute Gasteiger partial charge is 0.334 e. The van der Waals surface area contributed by atoms with E-state index in [0.717, 1.165) is 17.7 Å². The van der Waals surface area contributed by atoms with Crippen LogP contribution >= 0.6 is 0 Å². The fourth-order valence-electron chi connectivity index (χ4n) is 6.73. The molecule has 3 heterocycles. The lowest BCUT2D eigenvalue weighted by molar-refractivity contribution is -0.130. The molecule has 4 nitrogen and oxygen atoms in total. The molecule has 2 fully saturated rings. The first kappa shape index (κ1) is 17.7. The van der Waals surface area contributed by atoms with Crippen LogP contribution in [-0.2, 0) is 21.5 Å². The highest BCUT2D eigenvalue weighted by molar-refractivity contribution is 6.01. The first-order valence-corrected chi connectivity index (χ1v) is 10.7. The second-order valence-corrected chi connectivity index (χ2v) is 9.06. The zero-order valence-electron chi connectivity index (χ0n) is 16.8. The third-order valence-corrected chi connectivity index (χ3v) is 7.90. The van der Waals surface area contributed by atoms with Gasteiger partial charge in [-0.1, -0.05) is 60.7 Å². The quantitative estimate of drug-likeness (QED) is 0.740. The topological polar surface area (TPSA) is 40.6 Å². The summed E-state index contributed by atoms with van der Waals surface area (Å²) in [6.45, 7) is 5.41. The zero-order valence-corrected chi connectivity index (χ0v) is 16.8. The third-order valence-electron chi connectivity index (χ3n) is 7.90. The van der Waals surface area contributed by atoms with Crippen LogP contribution in [0.1, 0.15) is 24.0 Å². The van der Waals surface area contributed by atoms with Gasteiger partial charge < -0.3 is 9.80 Å². The van der Waals surface area contributed by atoms with Crippen LogP contribution in [0.4, 0.5) is 5.69 Å². The summed E-state index contributed by atoms with van der Waals surface area (Å²) in [6, 6.07) is 18.4. The molecule has 1 aliphatic carbocycles. The molecule has 1 saturated carbocycles. The van der Waals surface area contributed by atoms with E-state index in [4.69, 9.17) is 0 Å². The number of fused-ring (bicyclic) bond motifs is 1. The van der Waals surface area contributed by atoms with E-state index in [2.05, 4.69) is 36.9 Å². The van der Waals surface area contributed by atoms with Crippen LogP contribution in [0.3, 0.4) is 0 Å². The van der Waals surface area contributed by atoms with Crippen LogP contribution in [-0.4, -0.2) is 29.3 Å². The fraction of sp³-hybridized carbons (Fsp3) is 0.308. The molecule has 0 aromatic heterocycles. The summed E-state index contributed by atoms with van der Waals surface area (Å²) in [5.41, 5.74) is 2.64. The lowest BCUT2D eigenvalue weighted by Crippen LogP contribution is -2.55. The Morgan fingerprint density at radius 3 is 2.63 bits per heavy atom. The summed E-state index contributed by atoms with van der Waals surface area (Å²) in [5.74, 6) is 0.0854. The van der Waals surface area contributed by atoms with Crippen molar-refractivity contribution in [3.8, 4) is 0 Å². The van der Waals surface area contributed by atoms with Crippen LogP contribution in [0.5, 0.6) is 0 Å². The van der Waals surface area contributed by atoms with Gasteiger partial charge in [0.25, 0.3) is 0 Å². The van der Waals surface area contributed by atoms with Crippen LogP contribution in [0.25, 0.3) is 0 Å². The molecule has 4 heteroatoms. The Bertz CT molecular complexity index is 1110. The first-order chi connectivity index (χ1) is 14.6. The minimum Gasteiger partial charge on any atom is -0.334 e. The summed E-state index contributed by atoms with van der Waals surface area (Å²) in [5, 5.41) is 0. The van der Waals surface area contributed by atoms with Gasteiger partial charge >= 0.3 is 0 Å². The molecule has 0 bridgehead atoms. The van der Waals surface area contributed by atoms with Gasteiger partial charge in [-0.05, 0) is 30.0 Å². The molecule has 0 radical (unpaired) electrons. The monoisotopic (exact) mass is 396 g/mol. The Hall–Kier alpha value is -3.14. The first-order valence-electron chi connectivity index (χ1n) is 10.7. The molecule has 30 heavy (non-hydrogen) atoms. The Labute approximate surface area is 176 Å². The third kappa shape index (κ3) is 2.01. The predicted octanol–water partition coefficient (Wildman–Crippen LogP) is 3.83. The molecule has 1 spiro atoms. The van der Waals surface area contributed by atoms with Gasteiger partial charge in [-0.2, -0.15) is 0 Å². The molecular weight excluding hydrogens is 372 g/mol.